The maximum absolute atomic E-state index is 12.6. The molecule has 2 amide bonds. The Kier molecular flexibility index (Phi) is 6.93. The molecule has 2 aliphatic heterocycles. The molecule has 148 valence electrons. The average molecular weight is 396 g/mol. The van der Waals surface area contributed by atoms with Crippen LogP contribution >= 0.6 is 11.6 Å². The molecule has 0 spiro atoms. The first-order valence-corrected chi connectivity index (χ1v) is 9.69. The van der Waals surface area contributed by atoms with Crippen LogP contribution in [0.25, 0.3) is 0 Å². The minimum Gasteiger partial charge on any atom is -0.481 e. The highest BCUT2D eigenvalue weighted by Gasteiger charge is 2.28. The summed E-state index contributed by atoms with van der Waals surface area (Å²) < 4.78 is 11.0. The van der Waals surface area contributed by atoms with Gasteiger partial charge in [-0.25, -0.2) is 0 Å². The fraction of sp³-hybridized carbons (Fsp3) is 0.579. The minimum atomic E-state index is -0.582. The van der Waals surface area contributed by atoms with Crippen molar-refractivity contribution in [1.82, 2.24) is 14.7 Å². The maximum Gasteiger partial charge on any atom is 0.263 e. The van der Waals surface area contributed by atoms with Crippen LogP contribution < -0.4 is 4.74 Å². The van der Waals surface area contributed by atoms with E-state index in [1.54, 1.807) is 36.1 Å². The molecule has 1 unspecified atom stereocenters. The lowest BCUT2D eigenvalue weighted by atomic mass is 10.2. The number of carbonyl (C=O) groups excluding carboxylic acids is 2. The molecule has 1 atom stereocenters. The van der Waals surface area contributed by atoms with Gasteiger partial charge in [0.1, 0.15) is 5.75 Å². The SMILES string of the molecule is CC(Oc1ccc(Cl)cc1)C(=O)N1CCN(C(=O)CN2CCOCC2)CC1. The smallest absolute Gasteiger partial charge is 0.263 e. The molecule has 0 aliphatic carbocycles. The van der Waals surface area contributed by atoms with E-state index in [0.717, 1.165) is 13.1 Å². The molecule has 0 radical (unpaired) electrons. The van der Waals surface area contributed by atoms with Gasteiger partial charge in [-0.3, -0.25) is 14.5 Å². The first kappa shape index (κ1) is 19.9. The number of piperazine rings is 1. The van der Waals surface area contributed by atoms with Crippen molar-refractivity contribution in [3.8, 4) is 5.75 Å². The molecule has 2 aliphatic rings. The molecule has 2 heterocycles. The normalized spacial score (nSPS) is 19.6. The number of benzene rings is 1. The van der Waals surface area contributed by atoms with Crippen LogP contribution in [0.2, 0.25) is 5.02 Å². The van der Waals surface area contributed by atoms with E-state index in [9.17, 15) is 9.59 Å². The van der Waals surface area contributed by atoms with Gasteiger partial charge in [-0.05, 0) is 31.2 Å². The highest BCUT2D eigenvalue weighted by molar-refractivity contribution is 6.30. The van der Waals surface area contributed by atoms with Gasteiger partial charge in [-0.15, -0.1) is 0 Å². The number of halogens is 1. The van der Waals surface area contributed by atoms with E-state index in [-0.39, 0.29) is 11.8 Å². The second-order valence-electron chi connectivity index (χ2n) is 6.81. The molecule has 0 N–H and O–H groups in total. The van der Waals surface area contributed by atoms with Crippen molar-refractivity contribution >= 4 is 23.4 Å². The predicted molar refractivity (Wildman–Crippen MR) is 102 cm³/mol. The predicted octanol–water partition coefficient (Wildman–Crippen LogP) is 1.11. The largest absolute Gasteiger partial charge is 0.481 e. The molecule has 2 fully saturated rings. The third kappa shape index (κ3) is 5.57. The van der Waals surface area contributed by atoms with Crippen LogP contribution in [0.15, 0.2) is 24.3 Å². The van der Waals surface area contributed by atoms with Gasteiger partial charge in [-0.1, -0.05) is 11.6 Å². The van der Waals surface area contributed by atoms with E-state index < -0.39 is 6.10 Å². The summed E-state index contributed by atoms with van der Waals surface area (Å²) in [6.07, 6.45) is -0.582. The fourth-order valence-electron chi connectivity index (χ4n) is 3.25. The second-order valence-corrected chi connectivity index (χ2v) is 7.25. The molecule has 1 aromatic carbocycles. The van der Waals surface area contributed by atoms with Crippen LogP contribution in [0.1, 0.15) is 6.92 Å². The fourth-order valence-corrected chi connectivity index (χ4v) is 3.38. The van der Waals surface area contributed by atoms with Gasteiger partial charge < -0.3 is 19.3 Å². The Labute approximate surface area is 164 Å². The highest BCUT2D eigenvalue weighted by Crippen LogP contribution is 2.17. The Balaban J connectivity index is 1.44. The van der Waals surface area contributed by atoms with Crippen LogP contribution in [0.4, 0.5) is 0 Å². The molecule has 0 saturated carbocycles. The molecule has 27 heavy (non-hydrogen) atoms. The summed E-state index contributed by atoms with van der Waals surface area (Å²) in [5.74, 6) is 0.666. The number of hydrogen-bond acceptors (Lipinski definition) is 5. The number of carbonyl (C=O) groups is 2. The molecule has 8 heteroatoms. The van der Waals surface area contributed by atoms with Crippen molar-refractivity contribution in [3.63, 3.8) is 0 Å². The third-order valence-electron chi connectivity index (χ3n) is 4.88. The molecule has 0 bridgehead atoms. The first-order valence-electron chi connectivity index (χ1n) is 9.32. The van der Waals surface area contributed by atoms with Crippen LogP contribution in [0.3, 0.4) is 0 Å². The summed E-state index contributed by atoms with van der Waals surface area (Å²) in [5, 5.41) is 0.624. The Morgan fingerprint density at radius 1 is 1.04 bits per heavy atom. The topological polar surface area (TPSA) is 62.3 Å². The van der Waals surface area contributed by atoms with E-state index >= 15 is 0 Å². The van der Waals surface area contributed by atoms with Gasteiger partial charge in [-0.2, -0.15) is 0 Å². The van der Waals surface area contributed by atoms with Crippen LogP contribution in [-0.4, -0.2) is 91.6 Å². The van der Waals surface area contributed by atoms with Gasteiger partial charge in [0, 0.05) is 44.3 Å². The first-order chi connectivity index (χ1) is 13.0. The van der Waals surface area contributed by atoms with Crippen LogP contribution in [0.5, 0.6) is 5.75 Å². The molecule has 0 aromatic heterocycles. The van der Waals surface area contributed by atoms with Crippen LogP contribution in [0, 0.1) is 0 Å². The van der Waals surface area contributed by atoms with Gasteiger partial charge in [0.15, 0.2) is 6.10 Å². The van der Waals surface area contributed by atoms with Gasteiger partial charge in [0.05, 0.1) is 19.8 Å². The molecule has 7 nitrogen and oxygen atoms in total. The van der Waals surface area contributed by atoms with E-state index in [4.69, 9.17) is 21.1 Å². The van der Waals surface area contributed by atoms with E-state index in [0.29, 0.717) is 56.7 Å². The number of ether oxygens (including phenoxy) is 2. The lowest BCUT2D eigenvalue weighted by molar-refractivity contribution is -0.144. The summed E-state index contributed by atoms with van der Waals surface area (Å²) >= 11 is 5.86. The minimum absolute atomic E-state index is 0.0646. The number of rotatable bonds is 5. The molecule has 3 rings (SSSR count). The van der Waals surface area contributed by atoms with E-state index in [1.165, 1.54) is 0 Å². The van der Waals surface area contributed by atoms with Crippen LogP contribution in [-0.2, 0) is 14.3 Å². The van der Waals surface area contributed by atoms with Crippen molar-refractivity contribution in [2.24, 2.45) is 0 Å². The standard InChI is InChI=1S/C19H26ClN3O4/c1-15(27-17-4-2-16(20)3-5-17)19(25)23-8-6-22(7-9-23)18(24)14-21-10-12-26-13-11-21/h2-5,15H,6-14H2,1H3. The zero-order valence-electron chi connectivity index (χ0n) is 15.6. The monoisotopic (exact) mass is 395 g/mol. The molecule has 1 aromatic rings. The third-order valence-corrected chi connectivity index (χ3v) is 5.13. The Hall–Kier alpha value is -1.83. The molecular formula is C19H26ClN3O4. The maximum atomic E-state index is 12.6. The van der Waals surface area contributed by atoms with Crippen molar-refractivity contribution in [1.29, 1.82) is 0 Å². The number of morpholine rings is 1. The van der Waals surface area contributed by atoms with Crippen molar-refractivity contribution in [2.75, 3.05) is 59.0 Å². The second kappa shape index (κ2) is 9.39. The summed E-state index contributed by atoms with van der Waals surface area (Å²) in [5.41, 5.74) is 0. The van der Waals surface area contributed by atoms with E-state index in [1.807, 2.05) is 4.90 Å². The summed E-state index contributed by atoms with van der Waals surface area (Å²) in [4.78, 5) is 30.8. The van der Waals surface area contributed by atoms with E-state index in [2.05, 4.69) is 4.90 Å². The highest BCUT2D eigenvalue weighted by atomic mass is 35.5. The summed E-state index contributed by atoms with van der Waals surface area (Å²) in [6, 6.07) is 6.95. The lowest BCUT2D eigenvalue weighted by Crippen LogP contribution is -2.55. The Morgan fingerprint density at radius 3 is 2.26 bits per heavy atom. The van der Waals surface area contributed by atoms with Crippen molar-refractivity contribution in [2.45, 2.75) is 13.0 Å². The molecule has 2 saturated heterocycles. The van der Waals surface area contributed by atoms with Crippen molar-refractivity contribution in [3.05, 3.63) is 29.3 Å². The van der Waals surface area contributed by atoms with Gasteiger partial charge in [0.2, 0.25) is 5.91 Å². The quantitative estimate of drug-likeness (QED) is 0.747. The summed E-state index contributed by atoms with van der Waals surface area (Å²) in [7, 11) is 0. The van der Waals surface area contributed by atoms with Gasteiger partial charge in [0.25, 0.3) is 5.91 Å². The zero-order valence-corrected chi connectivity index (χ0v) is 16.4. The number of amides is 2. The zero-order chi connectivity index (χ0) is 19.2. The Morgan fingerprint density at radius 2 is 1.63 bits per heavy atom. The average Bonchev–Trinajstić information content (AvgIpc) is 2.70. The Bertz CT molecular complexity index is 641. The summed E-state index contributed by atoms with van der Waals surface area (Å²) in [6.45, 7) is 7.30. The lowest BCUT2D eigenvalue weighted by Gasteiger charge is -2.37. The molecular weight excluding hydrogens is 370 g/mol. The number of hydrogen-bond donors (Lipinski definition) is 0. The van der Waals surface area contributed by atoms with Crippen molar-refractivity contribution < 1.29 is 19.1 Å². The van der Waals surface area contributed by atoms with Gasteiger partial charge >= 0.3 is 0 Å². The number of nitrogens with zero attached hydrogens (tertiary/aromatic N) is 3.